The van der Waals surface area contributed by atoms with Crippen LogP contribution in [0.25, 0.3) is 0 Å². The van der Waals surface area contributed by atoms with Gasteiger partial charge in [0.1, 0.15) is 5.75 Å². The summed E-state index contributed by atoms with van der Waals surface area (Å²) in [6.45, 7) is 9.29. The van der Waals surface area contributed by atoms with Gasteiger partial charge in [0.25, 0.3) is 11.8 Å². The van der Waals surface area contributed by atoms with Crippen molar-refractivity contribution in [2.75, 3.05) is 26.4 Å². The molecule has 0 heterocycles. The number of benzene rings is 2. The Balaban J connectivity index is 2.14. The molecule has 2 aromatic rings. The smallest absolute Gasteiger partial charge is 0.269 e. The molecule has 2 N–H and O–H groups in total. The minimum Gasteiger partial charge on any atom is -0.494 e. The summed E-state index contributed by atoms with van der Waals surface area (Å²) in [5.41, 5.74) is 5.46. The van der Waals surface area contributed by atoms with Gasteiger partial charge in [-0.25, -0.2) is 0 Å². The van der Waals surface area contributed by atoms with Crippen molar-refractivity contribution in [2.24, 2.45) is 0 Å². The summed E-state index contributed by atoms with van der Waals surface area (Å²) in [4.78, 5) is 25.1. The number of ether oxygens (including phenoxy) is 4. The summed E-state index contributed by atoms with van der Waals surface area (Å²) in [6, 6.07) is 9.85. The summed E-state index contributed by atoms with van der Waals surface area (Å²) in [6.07, 6.45) is 0.863. The van der Waals surface area contributed by atoms with E-state index in [0.717, 1.165) is 6.42 Å². The van der Waals surface area contributed by atoms with E-state index in [-0.39, 0.29) is 5.56 Å². The van der Waals surface area contributed by atoms with Gasteiger partial charge in [-0.05, 0) is 57.5 Å². The van der Waals surface area contributed by atoms with Gasteiger partial charge in [0, 0.05) is 11.1 Å². The van der Waals surface area contributed by atoms with Crippen molar-refractivity contribution in [3.05, 3.63) is 47.5 Å². The molecule has 0 saturated heterocycles. The molecule has 0 bridgehead atoms. The Hall–Kier alpha value is -3.42. The molecule has 0 unspecified atom stereocenters. The summed E-state index contributed by atoms with van der Waals surface area (Å²) < 4.78 is 22.4. The number of carbonyl (C=O) groups is 2. The van der Waals surface area contributed by atoms with Crippen molar-refractivity contribution in [3.63, 3.8) is 0 Å². The van der Waals surface area contributed by atoms with E-state index in [1.165, 1.54) is 0 Å². The zero-order valence-electron chi connectivity index (χ0n) is 18.4. The van der Waals surface area contributed by atoms with Crippen LogP contribution in [0.2, 0.25) is 0 Å². The van der Waals surface area contributed by atoms with Crippen molar-refractivity contribution < 1.29 is 28.5 Å². The van der Waals surface area contributed by atoms with E-state index in [0.29, 0.717) is 55.0 Å². The van der Waals surface area contributed by atoms with Crippen LogP contribution in [0.1, 0.15) is 54.8 Å². The van der Waals surface area contributed by atoms with Gasteiger partial charge in [-0.1, -0.05) is 13.0 Å². The van der Waals surface area contributed by atoms with Crippen LogP contribution < -0.4 is 29.8 Å². The molecule has 0 atom stereocenters. The minimum atomic E-state index is -0.517. The minimum absolute atomic E-state index is 0.260. The number of hydrogen-bond donors (Lipinski definition) is 2. The molecule has 2 amide bonds. The van der Waals surface area contributed by atoms with E-state index in [4.69, 9.17) is 18.9 Å². The lowest BCUT2D eigenvalue weighted by molar-refractivity contribution is 0.0846. The molecule has 0 fully saturated rings. The molecule has 0 aliphatic heterocycles. The molecule has 0 radical (unpaired) electrons. The monoisotopic (exact) mass is 430 g/mol. The molecule has 0 aliphatic rings. The second kappa shape index (κ2) is 12.3. The first-order valence-corrected chi connectivity index (χ1v) is 10.4. The second-order valence-corrected chi connectivity index (χ2v) is 6.39. The highest BCUT2D eigenvalue weighted by molar-refractivity contribution is 5.99. The lowest BCUT2D eigenvalue weighted by Crippen LogP contribution is -2.41. The van der Waals surface area contributed by atoms with Gasteiger partial charge in [-0.3, -0.25) is 20.4 Å². The molecule has 0 spiro atoms. The summed E-state index contributed by atoms with van der Waals surface area (Å²) in [5.74, 6) is 0.846. The van der Waals surface area contributed by atoms with Gasteiger partial charge < -0.3 is 18.9 Å². The first kappa shape index (κ1) is 23.9. The first-order chi connectivity index (χ1) is 15.0. The topological polar surface area (TPSA) is 95.1 Å². The van der Waals surface area contributed by atoms with E-state index < -0.39 is 11.8 Å². The number of nitrogens with one attached hydrogen (secondary N) is 2. The van der Waals surface area contributed by atoms with Crippen LogP contribution in [0, 0.1) is 0 Å². The Morgan fingerprint density at radius 2 is 1.32 bits per heavy atom. The van der Waals surface area contributed by atoms with Crippen molar-refractivity contribution in [2.45, 2.75) is 34.1 Å². The maximum absolute atomic E-state index is 12.7. The summed E-state index contributed by atoms with van der Waals surface area (Å²) in [7, 11) is 0. The van der Waals surface area contributed by atoms with E-state index in [1.54, 1.807) is 36.4 Å². The third-order valence-corrected chi connectivity index (χ3v) is 4.03. The lowest BCUT2D eigenvalue weighted by Gasteiger charge is -2.17. The molecule has 8 nitrogen and oxygen atoms in total. The number of carbonyl (C=O) groups excluding carboxylic acids is 2. The maximum atomic E-state index is 12.7. The van der Waals surface area contributed by atoms with Gasteiger partial charge in [-0.2, -0.15) is 0 Å². The zero-order chi connectivity index (χ0) is 22.6. The van der Waals surface area contributed by atoms with Crippen LogP contribution in [0.15, 0.2) is 36.4 Å². The van der Waals surface area contributed by atoms with Crippen molar-refractivity contribution in [3.8, 4) is 23.0 Å². The molecule has 31 heavy (non-hydrogen) atoms. The first-order valence-electron chi connectivity index (χ1n) is 10.4. The highest BCUT2D eigenvalue weighted by atomic mass is 16.5. The maximum Gasteiger partial charge on any atom is 0.269 e. The fourth-order valence-corrected chi connectivity index (χ4v) is 2.72. The standard InChI is InChI=1S/C23H30N2O6/c1-5-12-31-18-11-9-10-16(13-18)22(26)24-25-23(27)17-14-19(28-6-2)21(30-8-4)20(15-17)29-7-3/h9-11,13-15H,5-8,12H2,1-4H3,(H,24,26)(H,25,27). The Labute approximate surface area is 182 Å². The van der Waals surface area contributed by atoms with E-state index >= 15 is 0 Å². The fraction of sp³-hybridized carbons (Fsp3) is 0.391. The Morgan fingerprint density at radius 3 is 1.87 bits per heavy atom. The van der Waals surface area contributed by atoms with Crippen LogP contribution in [0.4, 0.5) is 0 Å². The molecular formula is C23H30N2O6. The van der Waals surface area contributed by atoms with Crippen LogP contribution in [0.3, 0.4) is 0 Å². The average molecular weight is 431 g/mol. The molecule has 0 aromatic heterocycles. The molecule has 0 saturated carbocycles. The SMILES string of the molecule is CCCOc1cccc(C(=O)NNC(=O)c2cc(OCC)c(OCC)c(OCC)c2)c1. The van der Waals surface area contributed by atoms with Gasteiger partial charge in [-0.15, -0.1) is 0 Å². The van der Waals surface area contributed by atoms with E-state index in [9.17, 15) is 9.59 Å². The third kappa shape index (κ3) is 6.80. The highest BCUT2D eigenvalue weighted by Gasteiger charge is 2.19. The van der Waals surface area contributed by atoms with Crippen molar-refractivity contribution in [1.82, 2.24) is 10.9 Å². The number of rotatable bonds is 11. The van der Waals surface area contributed by atoms with Crippen LogP contribution in [0.5, 0.6) is 23.0 Å². The molecule has 2 aromatic carbocycles. The fourth-order valence-electron chi connectivity index (χ4n) is 2.72. The molecule has 168 valence electrons. The molecule has 2 rings (SSSR count). The second-order valence-electron chi connectivity index (χ2n) is 6.39. The van der Waals surface area contributed by atoms with Crippen LogP contribution >= 0.6 is 0 Å². The predicted octanol–water partition coefficient (Wildman–Crippen LogP) is 3.75. The summed E-state index contributed by atoms with van der Waals surface area (Å²) in [5, 5.41) is 0. The van der Waals surface area contributed by atoms with Crippen molar-refractivity contribution in [1.29, 1.82) is 0 Å². The normalized spacial score (nSPS) is 10.2. The third-order valence-electron chi connectivity index (χ3n) is 4.03. The lowest BCUT2D eigenvalue weighted by atomic mass is 10.1. The van der Waals surface area contributed by atoms with Gasteiger partial charge in [0.2, 0.25) is 5.75 Å². The van der Waals surface area contributed by atoms with E-state index in [1.807, 2.05) is 27.7 Å². The van der Waals surface area contributed by atoms with Gasteiger partial charge in [0.15, 0.2) is 11.5 Å². The number of hydrogen-bond acceptors (Lipinski definition) is 6. The molecule has 8 heteroatoms. The number of hydrazine groups is 1. The Bertz CT molecular complexity index is 857. The predicted molar refractivity (Wildman–Crippen MR) is 117 cm³/mol. The largest absolute Gasteiger partial charge is 0.494 e. The quantitative estimate of drug-likeness (QED) is 0.527. The highest BCUT2D eigenvalue weighted by Crippen LogP contribution is 2.39. The molecule has 0 aliphatic carbocycles. The van der Waals surface area contributed by atoms with Gasteiger partial charge in [0.05, 0.1) is 26.4 Å². The Morgan fingerprint density at radius 1 is 0.742 bits per heavy atom. The van der Waals surface area contributed by atoms with Gasteiger partial charge >= 0.3 is 0 Å². The zero-order valence-corrected chi connectivity index (χ0v) is 18.4. The molecular weight excluding hydrogens is 400 g/mol. The average Bonchev–Trinajstić information content (AvgIpc) is 2.78. The number of amides is 2. The summed E-state index contributed by atoms with van der Waals surface area (Å²) >= 11 is 0. The van der Waals surface area contributed by atoms with Crippen LogP contribution in [-0.2, 0) is 0 Å². The van der Waals surface area contributed by atoms with Crippen LogP contribution in [-0.4, -0.2) is 38.2 Å². The van der Waals surface area contributed by atoms with Crippen molar-refractivity contribution >= 4 is 11.8 Å². The van der Waals surface area contributed by atoms with E-state index in [2.05, 4.69) is 10.9 Å². The Kier molecular flexibility index (Phi) is 9.48.